The van der Waals surface area contributed by atoms with Gasteiger partial charge in [0.2, 0.25) is 15.9 Å². The summed E-state index contributed by atoms with van der Waals surface area (Å²) in [6, 6.07) is 14.6. The number of nitrogens with zero attached hydrogens (tertiary/aromatic N) is 1. The van der Waals surface area contributed by atoms with E-state index in [9.17, 15) is 13.2 Å². The van der Waals surface area contributed by atoms with Gasteiger partial charge in [0.15, 0.2) is 0 Å². The molecule has 0 saturated carbocycles. The molecule has 0 atom stereocenters. The predicted molar refractivity (Wildman–Crippen MR) is 107 cm³/mol. The molecule has 27 heavy (non-hydrogen) atoms. The Bertz CT molecular complexity index is 847. The molecule has 6 nitrogen and oxygen atoms in total. The Morgan fingerprint density at radius 2 is 1.59 bits per heavy atom. The first-order valence-electron chi connectivity index (χ1n) is 8.88. The van der Waals surface area contributed by atoms with Gasteiger partial charge in [-0.25, -0.2) is 8.42 Å². The van der Waals surface area contributed by atoms with E-state index in [1.165, 1.54) is 0 Å². The number of sulfonamides is 1. The molecule has 0 heterocycles. The van der Waals surface area contributed by atoms with Crippen LogP contribution >= 0.6 is 0 Å². The maximum atomic E-state index is 12.3. The lowest BCUT2D eigenvalue weighted by Crippen LogP contribution is -2.40. The minimum atomic E-state index is -3.57. The summed E-state index contributed by atoms with van der Waals surface area (Å²) in [5, 5.41) is 2.76. The van der Waals surface area contributed by atoms with Crippen LogP contribution in [0.3, 0.4) is 0 Å². The molecule has 0 aliphatic rings. The van der Waals surface area contributed by atoms with Crippen molar-refractivity contribution in [3.8, 4) is 5.75 Å². The molecule has 7 heteroatoms. The van der Waals surface area contributed by atoms with Crippen molar-refractivity contribution in [3.05, 3.63) is 59.7 Å². The van der Waals surface area contributed by atoms with Crippen molar-refractivity contribution in [1.82, 2.24) is 5.32 Å². The first-order valence-corrected chi connectivity index (χ1v) is 10.7. The van der Waals surface area contributed by atoms with E-state index in [2.05, 4.69) is 5.32 Å². The lowest BCUT2D eigenvalue weighted by Gasteiger charge is -2.22. The number of aryl methyl sites for hydroxylation is 1. The van der Waals surface area contributed by atoms with Crippen molar-refractivity contribution in [3.63, 3.8) is 0 Å². The number of hydrogen-bond donors (Lipinski definition) is 1. The second kappa shape index (κ2) is 9.41. The maximum Gasteiger partial charge on any atom is 0.241 e. The number of anilines is 1. The molecule has 2 aromatic carbocycles. The highest BCUT2D eigenvalue weighted by Gasteiger charge is 2.20. The summed E-state index contributed by atoms with van der Waals surface area (Å²) in [5.74, 6) is 0.403. The summed E-state index contributed by atoms with van der Waals surface area (Å²) in [5.41, 5.74) is 2.49. The standard InChI is InChI=1S/C20H26N2O4S/c1-4-16-6-10-18(11-7-16)22(27(3,24)25)15-20(23)21-14-17-8-12-19(13-9-17)26-5-2/h6-13H,4-5,14-15H2,1-3H3,(H,21,23). The van der Waals surface area contributed by atoms with Crippen LogP contribution in [0.15, 0.2) is 48.5 Å². The van der Waals surface area contributed by atoms with Gasteiger partial charge < -0.3 is 10.1 Å². The molecule has 0 saturated heterocycles. The van der Waals surface area contributed by atoms with Crippen molar-refractivity contribution >= 4 is 21.6 Å². The Kier molecular flexibility index (Phi) is 7.24. The van der Waals surface area contributed by atoms with Crippen molar-refractivity contribution in [1.29, 1.82) is 0 Å². The molecule has 0 bridgehead atoms. The molecule has 0 fully saturated rings. The Morgan fingerprint density at radius 1 is 1.00 bits per heavy atom. The van der Waals surface area contributed by atoms with E-state index in [1.54, 1.807) is 12.1 Å². The largest absolute Gasteiger partial charge is 0.494 e. The van der Waals surface area contributed by atoms with Gasteiger partial charge in [-0.1, -0.05) is 31.2 Å². The van der Waals surface area contributed by atoms with Crippen molar-refractivity contribution in [2.75, 3.05) is 23.7 Å². The number of ether oxygens (including phenoxy) is 1. The van der Waals surface area contributed by atoms with Crippen LogP contribution in [0.1, 0.15) is 25.0 Å². The summed E-state index contributed by atoms with van der Waals surface area (Å²) in [6.07, 6.45) is 1.96. The lowest BCUT2D eigenvalue weighted by molar-refractivity contribution is -0.119. The van der Waals surface area contributed by atoms with Crippen LogP contribution < -0.4 is 14.4 Å². The van der Waals surface area contributed by atoms with E-state index in [1.807, 2.05) is 50.2 Å². The first-order chi connectivity index (χ1) is 12.8. The van der Waals surface area contributed by atoms with E-state index in [0.29, 0.717) is 18.8 Å². The Labute approximate surface area is 161 Å². The average Bonchev–Trinajstić information content (AvgIpc) is 2.65. The van der Waals surface area contributed by atoms with Crippen LogP contribution in [0.5, 0.6) is 5.75 Å². The maximum absolute atomic E-state index is 12.3. The van der Waals surface area contributed by atoms with Gasteiger partial charge in [-0.2, -0.15) is 0 Å². The van der Waals surface area contributed by atoms with Gasteiger partial charge in [0.05, 0.1) is 18.6 Å². The van der Waals surface area contributed by atoms with Crippen LogP contribution in [0.4, 0.5) is 5.69 Å². The van der Waals surface area contributed by atoms with Crippen LogP contribution in [0.25, 0.3) is 0 Å². The second-order valence-electron chi connectivity index (χ2n) is 6.14. The third-order valence-corrected chi connectivity index (χ3v) is 5.18. The topological polar surface area (TPSA) is 75.7 Å². The average molecular weight is 391 g/mol. The highest BCUT2D eigenvalue weighted by atomic mass is 32.2. The predicted octanol–water partition coefficient (Wildman–Crippen LogP) is 2.73. The number of rotatable bonds is 9. The third kappa shape index (κ3) is 6.29. The summed E-state index contributed by atoms with van der Waals surface area (Å²) < 4.78 is 30.7. The molecule has 1 N–H and O–H groups in total. The third-order valence-electron chi connectivity index (χ3n) is 4.04. The van der Waals surface area contributed by atoms with Gasteiger partial charge in [0.1, 0.15) is 12.3 Å². The molecule has 2 rings (SSSR count). The lowest BCUT2D eigenvalue weighted by atomic mass is 10.1. The molecule has 0 aliphatic carbocycles. The fraction of sp³-hybridized carbons (Fsp3) is 0.350. The van der Waals surface area contributed by atoms with E-state index in [-0.39, 0.29) is 12.5 Å². The minimum Gasteiger partial charge on any atom is -0.494 e. The number of nitrogens with one attached hydrogen (secondary N) is 1. The highest BCUT2D eigenvalue weighted by Crippen LogP contribution is 2.18. The number of amides is 1. The molecule has 146 valence electrons. The fourth-order valence-electron chi connectivity index (χ4n) is 2.56. The second-order valence-corrected chi connectivity index (χ2v) is 8.05. The van der Waals surface area contributed by atoms with Crippen LogP contribution in [0.2, 0.25) is 0 Å². The van der Waals surface area contributed by atoms with Gasteiger partial charge in [0.25, 0.3) is 0 Å². The van der Waals surface area contributed by atoms with E-state index < -0.39 is 10.0 Å². The molecule has 2 aromatic rings. The SMILES string of the molecule is CCOc1ccc(CNC(=O)CN(c2ccc(CC)cc2)S(C)(=O)=O)cc1. The smallest absolute Gasteiger partial charge is 0.241 e. The number of carbonyl (C=O) groups excluding carboxylic acids is 1. The quantitative estimate of drug-likeness (QED) is 0.714. The molecule has 0 unspecified atom stereocenters. The fourth-order valence-corrected chi connectivity index (χ4v) is 3.41. The normalized spacial score (nSPS) is 11.1. The molecular weight excluding hydrogens is 364 g/mol. The summed E-state index contributed by atoms with van der Waals surface area (Å²) >= 11 is 0. The molecule has 0 aromatic heterocycles. The first kappa shape index (κ1) is 20.8. The molecule has 0 aliphatic heterocycles. The Balaban J connectivity index is 2.01. The van der Waals surface area contributed by atoms with Crippen molar-refractivity contribution in [2.45, 2.75) is 26.8 Å². The Morgan fingerprint density at radius 3 is 2.11 bits per heavy atom. The molecule has 0 spiro atoms. The number of benzene rings is 2. The molecule has 1 amide bonds. The number of hydrogen-bond acceptors (Lipinski definition) is 4. The van der Waals surface area contributed by atoms with Gasteiger partial charge in [-0.05, 0) is 48.7 Å². The zero-order valence-electron chi connectivity index (χ0n) is 15.9. The van der Waals surface area contributed by atoms with Crippen molar-refractivity contribution in [2.24, 2.45) is 0 Å². The summed E-state index contributed by atoms with van der Waals surface area (Å²) in [4.78, 5) is 12.3. The Hall–Kier alpha value is -2.54. The van der Waals surface area contributed by atoms with Crippen LogP contribution in [0, 0.1) is 0 Å². The van der Waals surface area contributed by atoms with E-state index >= 15 is 0 Å². The van der Waals surface area contributed by atoms with Gasteiger partial charge in [-0.15, -0.1) is 0 Å². The highest BCUT2D eigenvalue weighted by molar-refractivity contribution is 7.92. The van der Waals surface area contributed by atoms with E-state index in [0.717, 1.165) is 33.9 Å². The van der Waals surface area contributed by atoms with Gasteiger partial charge >= 0.3 is 0 Å². The van der Waals surface area contributed by atoms with Gasteiger partial charge in [-0.3, -0.25) is 9.10 Å². The van der Waals surface area contributed by atoms with Crippen LogP contribution in [-0.2, 0) is 27.8 Å². The summed E-state index contributed by atoms with van der Waals surface area (Å²) in [6.45, 7) is 4.59. The van der Waals surface area contributed by atoms with Crippen molar-refractivity contribution < 1.29 is 17.9 Å². The molecular formula is C20H26N2O4S. The van der Waals surface area contributed by atoms with E-state index in [4.69, 9.17) is 4.74 Å². The minimum absolute atomic E-state index is 0.263. The number of carbonyl (C=O) groups is 1. The zero-order valence-corrected chi connectivity index (χ0v) is 16.8. The summed E-state index contributed by atoms with van der Waals surface area (Å²) in [7, 11) is -3.57. The monoisotopic (exact) mass is 390 g/mol. The van der Waals surface area contributed by atoms with Gasteiger partial charge in [0, 0.05) is 6.54 Å². The van der Waals surface area contributed by atoms with Crippen LogP contribution in [-0.4, -0.2) is 33.7 Å². The zero-order chi connectivity index (χ0) is 19.9. The molecule has 0 radical (unpaired) electrons.